The number of fused-ring (bicyclic) bond motifs is 3. The second-order valence-electron chi connectivity index (χ2n) is 11.1. The first-order valence-corrected chi connectivity index (χ1v) is 11.1. The van der Waals surface area contributed by atoms with Crippen LogP contribution in [0.4, 0.5) is 0 Å². The Hall–Kier alpha value is -0.770. The van der Waals surface area contributed by atoms with Gasteiger partial charge < -0.3 is 34.6 Å². The molecular formula is C22H34O8. The number of rotatable bonds is 3. The highest BCUT2D eigenvalue weighted by molar-refractivity contribution is 5.74. The summed E-state index contributed by atoms with van der Waals surface area (Å²) in [4.78, 5) is 12.9. The number of hydrogen-bond acceptors (Lipinski definition) is 8. The van der Waals surface area contributed by atoms with Crippen molar-refractivity contribution in [2.75, 3.05) is 6.61 Å². The second kappa shape index (κ2) is 5.58. The lowest BCUT2D eigenvalue weighted by molar-refractivity contribution is -0.475. The molecule has 8 heteroatoms. The van der Waals surface area contributed by atoms with Gasteiger partial charge in [-0.15, -0.1) is 0 Å². The molecule has 0 aromatic rings. The van der Waals surface area contributed by atoms with Crippen LogP contribution in [0.5, 0.6) is 0 Å². The lowest BCUT2D eigenvalue weighted by Gasteiger charge is -2.72. The van der Waals surface area contributed by atoms with Gasteiger partial charge in [0, 0.05) is 11.8 Å². The summed E-state index contributed by atoms with van der Waals surface area (Å²) in [5.41, 5.74) is -7.12. The SMILES string of the molecule is CC1CC[C@](O)(C2(C)CC(=O)OC3[C@@]24C(O)OC4(CO)[C@]2(C)O[C@]32C(C)C)CC1O. The molecule has 5 aliphatic rings. The molecule has 0 amide bonds. The predicted octanol–water partition coefficient (Wildman–Crippen LogP) is 0.484. The Morgan fingerprint density at radius 2 is 1.90 bits per heavy atom. The van der Waals surface area contributed by atoms with Gasteiger partial charge in [-0.05, 0) is 31.6 Å². The van der Waals surface area contributed by atoms with Crippen LogP contribution in [-0.4, -0.2) is 73.9 Å². The van der Waals surface area contributed by atoms with Crippen molar-refractivity contribution in [3.8, 4) is 0 Å². The van der Waals surface area contributed by atoms with Gasteiger partial charge in [0.2, 0.25) is 0 Å². The minimum atomic E-state index is -1.44. The molecule has 10 atom stereocenters. The number of esters is 1. The van der Waals surface area contributed by atoms with Gasteiger partial charge >= 0.3 is 5.97 Å². The molecule has 0 aromatic carbocycles. The van der Waals surface area contributed by atoms with E-state index in [1.54, 1.807) is 6.92 Å². The highest BCUT2D eigenvalue weighted by Crippen LogP contribution is 2.85. The van der Waals surface area contributed by atoms with E-state index in [0.717, 1.165) is 0 Å². The maximum absolute atomic E-state index is 12.9. The van der Waals surface area contributed by atoms with Crippen molar-refractivity contribution < 1.29 is 39.4 Å². The normalized spacial score (nSPS) is 61.6. The van der Waals surface area contributed by atoms with Crippen LogP contribution < -0.4 is 0 Å². The fourth-order valence-electron chi connectivity index (χ4n) is 8.17. The molecule has 2 aliphatic carbocycles. The number of epoxide rings is 1. The topological polar surface area (TPSA) is 129 Å². The van der Waals surface area contributed by atoms with Gasteiger partial charge in [0.05, 0.1) is 24.7 Å². The van der Waals surface area contributed by atoms with Crippen molar-refractivity contribution in [1.29, 1.82) is 0 Å². The Morgan fingerprint density at radius 1 is 1.23 bits per heavy atom. The van der Waals surface area contributed by atoms with Gasteiger partial charge in [0.1, 0.15) is 28.3 Å². The third-order valence-corrected chi connectivity index (χ3v) is 10.0. The van der Waals surface area contributed by atoms with Gasteiger partial charge in [-0.25, -0.2) is 0 Å². The summed E-state index contributed by atoms with van der Waals surface area (Å²) in [6.45, 7) is 9.05. The van der Waals surface area contributed by atoms with Gasteiger partial charge in [-0.2, -0.15) is 0 Å². The van der Waals surface area contributed by atoms with Crippen LogP contribution in [0.3, 0.4) is 0 Å². The average molecular weight is 427 g/mol. The summed E-state index contributed by atoms with van der Waals surface area (Å²) < 4.78 is 18.1. The molecule has 2 saturated carbocycles. The van der Waals surface area contributed by atoms with Crippen LogP contribution in [0.1, 0.15) is 60.3 Å². The molecule has 3 saturated heterocycles. The first kappa shape index (κ1) is 21.1. The smallest absolute Gasteiger partial charge is 0.306 e. The monoisotopic (exact) mass is 426 g/mol. The van der Waals surface area contributed by atoms with E-state index in [2.05, 4.69) is 0 Å². The van der Waals surface area contributed by atoms with Crippen LogP contribution >= 0.6 is 0 Å². The van der Waals surface area contributed by atoms with Crippen molar-refractivity contribution in [3.63, 3.8) is 0 Å². The molecule has 0 radical (unpaired) electrons. The van der Waals surface area contributed by atoms with E-state index >= 15 is 0 Å². The largest absolute Gasteiger partial charge is 0.458 e. The Morgan fingerprint density at radius 3 is 2.43 bits per heavy atom. The van der Waals surface area contributed by atoms with E-state index < -0.39 is 64.3 Å². The molecule has 3 heterocycles. The first-order chi connectivity index (χ1) is 13.8. The summed E-state index contributed by atoms with van der Waals surface area (Å²) >= 11 is 0. The molecule has 6 unspecified atom stereocenters. The number of carbonyl (C=O) groups is 1. The van der Waals surface area contributed by atoms with Crippen molar-refractivity contribution in [2.24, 2.45) is 22.7 Å². The zero-order chi connectivity index (χ0) is 22.1. The van der Waals surface area contributed by atoms with Gasteiger partial charge in [-0.3, -0.25) is 4.79 Å². The van der Waals surface area contributed by atoms with Crippen LogP contribution in [0.15, 0.2) is 0 Å². The molecule has 1 spiro atoms. The molecule has 5 rings (SSSR count). The zero-order valence-corrected chi connectivity index (χ0v) is 18.3. The maximum Gasteiger partial charge on any atom is 0.306 e. The number of carbonyl (C=O) groups excluding carboxylic acids is 1. The molecule has 30 heavy (non-hydrogen) atoms. The Labute approximate surface area is 176 Å². The highest BCUT2D eigenvalue weighted by Gasteiger charge is 3.03. The molecule has 0 aromatic heterocycles. The number of aliphatic hydroxyl groups excluding tert-OH is 3. The van der Waals surface area contributed by atoms with Gasteiger partial charge in [0.15, 0.2) is 6.29 Å². The van der Waals surface area contributed by atoms with Crippen LogP contribution in [0.25, 0.3) is 0 Å². The second-order valence-corrected chi connectivity index (χ2v) is 11.1. The van der Waals surface area contributed by atoms with Crippen molar-refractivity contribution in [2.45, 2.75) is 101 Å². The van der Waals surface area contributed by atoms with Crippen LogP contribution in [0.2, 0.25) is 0 Å². The molecule has 4 N–H and O–H groups in total. The third-order valence-electron chi connectivity index (χ3n) is 10.0. The Balaban J connectivity index is 1.74. The Kier molecular flexibility index (Phi) is 3.93. The summed E-state index contributed by atoms with van der Waals surface area (Å²) in [6, 6.07) is 0. The molecule has 5 fully saturated rings. The first-order valence-electron chi connectivity index (χ1n) is 11.1. The number of ether oxygens (including phenoxy) is 3. The number of aliphatic hydroxyl groups is 4. The third kappa shape index (κ3) is 1.72. The van der Waals surface area contributed by atoms with Crippen molar-refractivity contribution >= 4 is 5.97 Å². The van der Waals surface area contributed by atoms with E-state index in [9.17, 15) is 25.2 Å². The van der Waals surface area contributed by atoms with Gasteiger partial charge in [0.25, 0.3) is 0 Å². The summed E-state index contributed by atoms with van der Waals surface area (Å²) in [7, 11) is 0. The van der Waals surface area contributed by atoms with Crippen LogP contribution in [0, 0.1) is 22.7 Å². The van der Waals surface area contributed by atoms with Gasteiger partial charge in [-0.1, -0.05) is 27.7 Å². The summed E-state index contributed by atoms with van der Waals surface area (Å²) in [6.07, 6.45) is -2.01. The minimum Gasteiger partial charge on any atom is -0.458 e. The maximum atomic E-state index is 12.9. The van der Waals surface area contributed by atoms with E-state index in [0.29, 0.717) is 12.8 Å². The minimum absolute atomic E-state index is 0.0303. The zero-order valence-electron chi connectivity index (χ0n) is 18.3. The molecule has 0 bridgehead atoms. The fourth-order valence-corrected chi connectivity index (χ4v) is 8.17. The molecule has 8 nitrogen and oxygen atoms in total. The summed E-state index contributed by atoms with van der Waals surface area (Å²) in [5, 5.41) is 44.5. The van der Waals surface area contributed by atoms with E-state index in [-0.39, 0.29) is 24.7 Å². The highest BCUT2D eigenvalue weighted by atomic mass is 16.7. The number of hydrogen-bond donors (Lipinski definition) is 4. The van der Waals surface area contributed by atoms with Crippen molar-refractivity contribution in [3.05, 3.63) is 0 Å². The van der Waals surface area contributed by atoms with E-state index in [1.807, 2.05) is 27.7 Å². The average Bonchev–Trinajstić information content (AvgIpc) is 3.27. The van der Waals surface area contributed by atoms with Crippen LogP contribution in [-0.2, 0) is 19.0 Å². The molecular weight excluding hydrogens is 392 g/mol. The molecule has 170 valence electrons. The standard InChI is InChI=1S/C22H34O8/c1-11(2)22-15-21(16(26)29-20(21,10-23)18(22,5)30-22)17(4,9-14(25)28-15)19(27)7-6-12(3)13(24)8-19/h11-13,15-16,23-24,26-27H,6-10H2,1-5H3/t12?,13?,15?,16?,17?,18-,19+,20?,21+,22+/m0/s1. The molecule has 3 aliphatic heterocycles. The van der Waals surface area contributed by atoms with Crippen molar-refractivity contribution in [1.82, 2.24) is 0 Å². The fraction of sp³-hybridized carbons (Fsp3) is 0.955. The summed E-state index contributed by atoms with van der Waals surface area (Å²) in [5.74, 6) is -0.529. The lowest BCUT2D eigenvalue weighted by atomic mass is 9.42. The quantitative estimate of drug-likeness (QED) is 0.379. The lowest BCUT2D eigenvalue weighted by Crippen LogP contribution is -2.85. The predicted molar refractivity (Wildman–Crippen MR) is 103 cm³/mol. The van der Waals surface area contributed by atoms with E-state index in [4.69, 9.17) is 14.2 Å². The Bertz CT molecular complexity index is 802. The van der Waals surface area contributed by atoms with E-state index in [1.165, 1.54) is 0 Å².